The summed E-state index contributed by atoms with van der Waals surface area (Å²) in [5, 5.41) is 13.8. The highest BCUT2D eigenvalue weighted by Gasteiger charge is 2.42. The van der Waals surface area contributed by atoms with Gasteiger partial charge in [-0.2, -0.15) is 0 Å². The van der Waals surface area contributed by atoms with Gasteiger partial charge < -0.3 is 10.3 Å². The van der Waals surface area contributed by atoms with Gasteiger partial charge in [0.2, 0.25) is 0 Å². The van der Waals surface area contributed by atoms with Crippen molar-refractivity contribution in [2.75, 3.05) is 6.54 Å². The molecule has 2 heterocycles. The van der Waals surface area contributed by atoms with Crippen LogP contribution in [0, 0.1) is 0 Å². The Morgan fingerprint density at radius 2 is 1.21 bits per heavy atom. The Hall–Kier alpha value is -5.66. The lowest BCUT2D eigenvalue weighted by molar-refractivity contribution is 0.451. The fourth-order valence-electron chi connectivity index (χ4n) is 6.74. The summed E-state index contributed by atoms with van der Waals surface area (Å²) in [6, 6.07) is 48.7. The van der Waals surface area contributed by atoms with Gasteiger partial charge in [0, 0.05) is 31.1 Å². The minimum Gasteiger partial charge on any atom is -0.330 e. The Bertz CT molecular complexity index is 1970. The monoisotopic (exact) mass is 629 g/mol. The Morgan fingerprint density at radius 3 is 1.77 bits per heavy atom. The fourth-order valence-corrected chi connectivity index (χ4v) is 6.74. The second-order valence-corrected chi connectivity index (χ2v) is 12.0. The summed E-state index contributed by atoms with van der Waals surface area (Å²) in [5.41, 5.74) is 13.6. The number of tetrazole rings is 1. The first-order valence-electron chi connectivity index (χ1n) is 16.6. The minimum atomic E-state index is -0.830. The number of aromatic nitrogens is 6. The second kappa shape index (κ2) is 14.0. The summed E-state index contributed by atoms with van der Waals surface area (Å²) in [6.07, 6.45) is 4.94. The highest BCUT2D eigenvalue weighted by atomic mass is 15.6. The van der Waals surface area contributed by atoms with Crippen molar-refractivity contribution in [3.8, 4) is 22.5 Å². The molecule has 0 aliphatic rings. The summed E-state index contributed by atoms with van der Waals surface area (Å²) in [6.45, 7) is 3.55. The molecule has 0 saturated heterocycles. The quantitative estimate of drug-likeness (QED) is 0.141. The van der Waals surface area contributed by atoms with Crippen LogP contribution in [0.3, 0.4) is 0 Å². The van der Waals surface area contributed by atoms with Gasteiger partial charge in [-0.25, -0.2) is 9.67 Å². The zero-order valence-corrected chi connectivity index (χ0v) is 27.2. The number of nitrogens with two attached hydrogens (primary N) is 1. The van der Waals surface area contributed by atoms with E-state index in [9.17, 15) is 0 Å². The van der Waals surface area contributed by atoms with E-state index in [1.54, 1.807) is 0 Å². The SMILES string of the molecule is CCCc1nc(CCN)cn1Cc1ccc(-c2ccccc2-c2nnnn2C(c2ccccc2)(c2ccccc2)c2ccccc2)cc1. The molecular formula is C41H39N7. The molecule has 2 aromatic heterocycles. The third kappa shape index (κ3) is 5.85. The topological polar surface area (TPSA) is 87.4 Å². The van der Waals surface area contributed by atoms with E-state index in [1.165, 1.54) is 5.56 Å². The van der Waals surface area contributed by atoms with Gasteiger partial charge in [-0.3, -0.25) is 0 Å². The molecule has 0 atom stereocenters. The van der Waals surface area contributed by atoms with Gasteiger partial charge in [0.15, 0.2) is 5.82 Å². The molecule has 0 saturated carbocycles. The van der Waals surface area contributed by atoms with Crippen LogP contribution in [-0.2, 0) is 24.9 Å². The van der Waals surface area contributed by atoms with Crippen molar-refractivity contribution in [2.24, 2.45) is 5.73 Å². The van der Waals surface area contributed by atoms with Crippen LogP contribution in [0.1, 0.15) is 47.1 Å². The fraction of sp³-hybridized carbons (Fsp3) is 0.171. The lowest BCUT2D eigenvalue weighted by Gasteiger charge is -2.36. The predicted molar refractivity (Wildman–Crippen MR) is 191 cm³/mol. The lowest BCUT2D eigenvalue weighted by Crippen LogP contribution is -2.39. The average molecular weight is 630 g/mol. The number of benzene rings is 5. The van der Waals surface area contributed by atoms with Crippen LogP contribution < -0.4 is 5.73 Å². The third-order valence-corrected chi connectivity index (χ3v) is 8.93. The molecule has 0 aliphatic carbocycles. The average Bonchev–Trinajstić information content (AvgIpc) is 3.78. The molecule has 0 spiro atoms. The molecule has 7 heteroatoms. The molecular weight excluding hydrogens is 591 g/mol. The standard InChI is InChI=1S/C41H39N7/c1-2-14-39-43-36(27-28-42)30-47(39)29-31-23-25-32(26-24-31)37-21-12-13-22-38(37)40-44-45-46-48(40)41(33-15-6-3-7-16-33,34-17-8-4-9-18-34)35-19-10-5-11-20-35/h3-13,15-26,30H,2,14,27-29,42H2,1H3. The van der Waals surface area contributed by atoms with Crippen LogP contribution in [0.2, 0.25) is 0 Å². The molecule has 5 aromatic carbocycles. The van der Waals surface area contributed by atoms with E-state index in [-0.39, 0.29) is 0 Å². The maximum atomic E-state index is 5.82. The summed E-state index contributed by atoms with van der Waals surface area (Å²) < 4.78 is 4.26. The molecule has 7 rings (SSSR count). The van der Waals surface area contributed by atoms with Gasteiger partial charge in [-0.1, -0.05) is 146 Å². The van der Waals surface area contributed by atoms with Crippen molar-refractivity contribution in [3.63, 3.8) is 0 Å². The Morgan fingerprint density at radius 1 is 0.646 bits per heavy atom. The highest BCUT2D eigenvalue weighted by Crippen LogP contribution is 2.43. The van der Waals surface area contributed by atoms with Crippen LogP contribution in [0.15, 0.2) is 146 Å². The maximum absolute atomic E-state index is 5.82. The van der Waals surface area contributed by atoms with Crippen molar-refractivity contribution >= 4 is 0 Å². The Kier molecular flexibility index (Phi) is 9.03. The molecule has 2 N–H and O–H groups in total. The van der Waals surface area contributed by atoms with Crippen molar-refractivity contribution in [1.82, 2.24) is 29.8 Å². The van der Waals surface area contributed by atoms with E-state index in [0.29, 0.717) is 12.4 Å². The molecule has 7 aromatic rings. The first-order valence-corrected chi connectivity index (χ1v) is 16.6. The lowest BCUT2D eigenvalue weighted by atomic mass is 9.77. The predicted octanol–water partition coefficient (Wildman–Crippen LogP) is 7.55. The van der Waals surface area contributed by atoms with Crippen molar-refractivity contribution < 1.29 is 0 Å². The van der Waals surface area contributed by atoms with Crippen molar-refractivity contribution in [3.05, 3.63) is 179 Å². The normalized spacial score (nSPS) is 11.5. The summed E-state index contributed by atoms with van der Waals surface area (Å²) in [7, 11) is 0. The maximum Gasteiger partial charge on any atom is 0.184 e. The van der Waals surface area contributed by atoms with E-state index >= 15 is 0 Å². The molecule has 48 heavy (non-hydrogen) atoms. The third-order valence-electron chi connectivity index (χ3n) is 8.93. The molecule has 0 radical (unpaired) electrons. The molecule has 0 amide bonds. The molecule has 0 aliphatic heterocycles. The van der Waals surface area contributed by atoms with E-state index in [0.717, 1.165) is 70.7 Å². The zero-order valence-electron chi connectivity index (χ0n) is 27.2. The Balaban J connectivity index is 1.33. The number of nitrogens with zero attached hydrogens (tertiary/aromatic N) is 6. The highest BCUT2D eigenvalue weighted by molar-refractivity contribution is 5.81. The van der Waals surface area contributed by atoms with E-state index in [2.05, 4.69) is 144 Å². The summed E-state index contributed by atoms with van der Waals surface area (Å²) in [4.78, 5) is 4.85. The smallest absolute Gasteiger partial charge is 0.184 e. The van der Waals surface area contributed by atoms with Gasteiger partial charge in [0.25, 0.3) is 0 Å². The van der Waals surface area contributed by atoms with E-state index in [4.69, 9.17) is 21.0 Å². The van der Waals surface area contributed by atoms with E-state index < -0.39 is 5.54 Å². The molecule has 0 bridgehead atoms. The number of rotatable bonds is 12. The van der Waals surface area contributed by atoms with Gasteiger partial charge >= 0.3 is 0 Å². The van der Waals surface area contributed by atoms with E-state index in [1.807, 2.05) is 22.9 Å². The number of hydrogen-bond acceptors (Lipinski definition) is 5. The Labute approximate surface area is 281 Å². The van der Waals surface area contributed by atoms with Gasteiger partial charge in [0.05, 0.1) is 5.69 Å². The van der Waals surface area contributed by atoms with Crippen LogP contribution in [0.25, 0.3) is 22.5 Å². The molecule has 0 fully saturated rings. The van der Waals surface area contributed by atoms with Crippen LogP contribution >= 0.6 is 0 Å². The van der Waals surface area contributed by atoms with Crippen LogP contribution in [0.5, 0.6) is 0 Å². The van der Waals surface area contributed by atoms with Gasteiger partial charge in [-0.05, 0) is 56.8 Å². The first kappa shape index (κ1) is 31.0. The number of hydrogen-bond donors (Lipinski definition) is 1. The number of aryl methyl sites for hydroxylation is 1. The van der Waals surface area contributed by atoms with Crippen molar-refractivity contribution in [2.45, 2.75) is 38.3 Å². The zero-order chi connectivity index (χ0) is 32.8. The van der Waals surface area contributed by atoms with Crippen LogP contribution in [0.4, 0.5) is 0 Å². The molecule has 0 unspecified atom stereocenters. The largest absolute Gasteiger partial charge is 0.330 e. The van der Waals surface area contributed by atoms with Gasteiger partial charge in [0.1, 0.15) is 11.4 Å². The molecule has 7 nitrogen and oxygen atoms in total. The summed E-state index contributed by atoms with van der Waals surface area (Å²) in [5.74, 6) is 1.79. The number of imidazole rings is 1. The molecule has 238 valence electrons. The van der Waals surface area contributed by atoms with Gasteiger partial charge in [-0.15, -0.1) is 5.10 Å². The summed E-state index contributed by atoms with van der Waals surface area (Å²) >= 11 is 0. The second-order valence-electron chi connectivity index (χ2n) is 12.0. The van der Waals surface area contributed by atoms with Crippen molar-refractivity contribution in [1.29, 1.82) is 0 Å². The first-order chi connectivity index (χ1) is 23.7. The van der Waals surface area contributed by atoms with Crippen LogP contribution in [-0.4, -0.2) is 36.3 Å². The minimum absolute atomic E-state index is 0.600.